The lowest BCUT2D eigenvalue weighted by Crippen LogP contribution is -2.26. The molecular formula is C13H19N3O3S. The van der Waals surface area contributed by atoms with Crippen LogP contribution in [0.1, 0.15) is 37.9 Å². The summed E-state index contributed by atoms with van der Waals surface area (Å²) < 4.78 is 1.92. The van der Waals surface area contributed by atoms with Crippen LogP contribution in [0.15, 0.2) is 11.4 Å². The van der Waals surface area contributed by atoms with Gasteiger partial charge in [-0.15, -0.1) is 0 Å². The first kappa shape index (κ1) is 14.9. The molecular weight excluding hydrogens is 278 g/mol. The average molecular weight is 297 g/mol. The van der Waals surface area contributed by atoms with Gasteiger partial charge in [0.1, 0.15) is 6.04 Å². The number of rotatable bonds is 5. The molecule has 1 N–H and O–H groups in total. The van der Waals surface area contributed by atoms with Crippen molar-refractivity contribution in [1.29, 1.82) is 0 Å². The number of nitrogens with zero attached hydrogens (tertiary/aromatic N) is 3. The SMILES string of the molecule is CC(C)c1cnc(SCC(=O)O)n1C1CCN(C)C1=O. The number of aliphatic carboxylic acids is 1. The van der Waals surface area contributed by atoms with Gasteiger partial charge < -0.3 is 14.6 Å². The van der Waals surface area contributed by atoms with Crippen molar-refractivity contribution < 1.29 is 14.7 Å². The first-order chi connectivity index (χ1) is 9.41. The largest absolute Gasteiger partial charge is 0.481 e. The van der Waals surface area contributed by atoms with E-state index in [1.807, 2.05) is 18.4 Å². The van der Waals surface area contributed by atoms with Crippen LogP contribution in [0.2, 0.25) is 0 Å². The fourth-order valence-electron chi connectivity index (χ4n) is 2.37. The van der Waals surface area contributed by atoms with Crippen molar-refractivity contribution in [2.75, 3.05) is 19.3 Å². The quantitative estimate of drug-likeness (QED) is 0.835. The molecule has 110 valence electrons. The molecule has 1 aromatic rings. The maximum Gasteiger partial charge on any atom is 0.313 e. The van der Waals surface area contributed by atoms with E-state index in [2.05, 4.69) is 4.98 Å². The number of imidazole rings is 1. The Bertz CT molecular complexity index is 527. The van der Waals surface area contributed by atoms with Gasteiger partial charge in [0.25, 0.3) is 0 Å². The van der Waals surface area contributed by atoms with E-state index in [4.69, 9.17) is 5.11 Å². The Labute approximate surface area is 122 Å². The Morgan fingerprint density at radius 3 is 2.80 bits per heavy atom. The Morgan fingerprint density at radius 2 is 2.30 bits per heavy atom. The van der Waals surface area contributed by atoms with Gasteiger partial charge in [-0.3, -0.25) is 9.59 Å². The van der Waals surface area contributed by atoms with Crippen molar-refractivity contribution in [2.45, 2.75) is 37.4 Å². The fraction of sp³-hybridized carbons (Fsp3) is 0.615. The topological polar surface area (TPSA) is 75.4 Å². The number of amides is 1. The van der Waals surface area contributed by atoms with Gasteiger partial charge in [-0.1, -0.05) is 25.6 Å². The molecule has 6 nitrogen and oxygen atoms in total. The molecule has 0 bridgehead atoms. The predicted octanol–water partition coefficient (Wildman–Crippen LogP) is 1.59. The Balaban J connectivity index is 2.34. The molecule has 0 radical (unpaired) electrons. The van der Waals surface area contributed by atoms with Gasteiger partial charge in [0.2, 0.25) is 5.91 Å². The van der Waals surface area contributed by atoms with Crippen molar-refractivity contribution in [3.05, 3.63) is 11.9 Å². The predicted molar refractivity (Wildman–Crippen MR) is 76.0 cm³/mol. The van der Waals surface area contributed by atoms with E-state index >= 15 is 0 Å². The second kappa shape index (κ2) is 5.87. The minimum absolute atomic E-state index is 0.0503. The highest BCUT2D eigenvalue weighted by Gasteiger charge is 2.34. The van der Waals surface area contributed by atoms with Gasteiger partial charge in [0.15, 0.2) is 5.16 Å². The third-order valence-corrected chi connectivity index (χ3v) is 4.37. The third-order valence-electron chi connectivity index (χ3n) is 3.42. The number of carboxylic acid groups (broad SMARTS) is 1. The number of aromatic nitrogens is 2. The fourth-order valence-corrected chi connectivity index (χ4v) is 3.12. The third kappa shape index (κ3) is 2.82. The van der Waals surface area contributed by atoms with Crippen molar-refractivity contribution >= 4 is 23.6 Å². The van der Waals surface area contributed by atoms with Crippen LogP contribution in [0.5, 0.6) is 0 Å². The molecule has 20 heavy (non-hydrogen) atoms. The van der Waals surface area contributed by atoms with E-state index in [1.54, 1.807) is 18.1 Å². The van der Waals surface area contributed by atoms with Gasteiger partial charge in [0.05, 0.1) is 5.75 Å². The summed E-state index contributed by atoms with van der Waals surface area (Å²) in [6, 6.07) is -0.254. The van der Waals surface area contributed by atoms with Crippen LogP contribution in [0.3, 0.4) is 0 Å². The smallest absolute Gasteiger partial charge is 0.313 e. The Kier molecular flexibility index (Phi) is 4.37. The molecule has 1 unspecified atom stereocenters. The normalized spacial score (nSPS) is 19.1. The molecule has 1 aliphatic rings. The van der Waals surface area contributed by atoms with Gasteiger partial charge in [-0.05, 0) is 12.3 Å². The molecule has 1 aliphatic heterocycles. The van der Waals surface area contributed by atoms with Gasteiger partial charge in [-0.25, -0.2) is 4.98 Å². The van der Waals surface area contributed by atoms with Crippen molar-refractivity contribution in [1.82, 2.24) is 14.5 Å². The van der Waals surface area contributed by atoms with Crippen molar-refractivity contribution in [3.63, 3.8) is 0 Å². The van der Waals surface area contributed by atoms with E-state index in [-0.39, 0.29) is 23.6 Å². The zero-order valence-electron chi connectivity index (χ0n) is 11.9. The van der Waals surface area contributed by atoms with Crippen LogP contribution in [0.4, 0.5) is 0 Å². The number of hydrogen-bond acceptors (Lipinski definition) is 4. The molecule has 0 aromatic carbocycles. The number of likely N-dealkylation sites (N-methyl/N-ethyl adjacent to an activating group) is 1. The molecule has 1 saturated heterocycles. The molecule has 2 rings (SSSR count). The van der Waals surface area contributed by atoms with Crippen LogP contribution < -0.4 is 0 Å². The van der Waals surface area contributed by atoms with E-state index in [1.165, 1.54) is 11.8 Å². The van der Waals surface area contributed by atoms with Crippen LogP contribution in [-0.2, 0) is 9.59 Å². The van der Waals surface area contributed by atoms with Crippen LogP contribution >= 0.6 is 11.8 Å². The molecule has 0 spiro atoms. The lowest BCUT2D eigenvalue weighted by atomic mass is 10.1. The monoisotopic (exact) mass is 297 g/mol. The molecule has 2 heterocycles. The summed E-state index contributed by atoms with van der Waals surface area (Å²) in [4.78, 5) is 29.0. The number of hydrogen-bond donors (Lipinski definition) is 1. The summed E-state index contributed by atoms with van der Waals surface area (Å²) in [5, 5.41) is 9.42. The highest BCUT2D eigenvalue weighted by Crippen LogP contribution is 2.32. The minimum Gasteiger partial charge on any atom is -0.481 e. The standard InChI is InChI=1S/C13H19N3O3S/c1-8(2)10-6-14-13(20-7-11(17)18)16(10)9-4-5-15(3)12(9)19/h6,8-9H,4-5,7H2,1-3H3,(H,17,18). The second-order valence-corrected chi connectivity index (χ2v) is 6.18. The number of thioether (sulfide) groups is 1. The number of carbonyl (C=O) groups excluding carboxylic acids is 1. The highest BCUT2D eigenvalue weighted by molar-refractivity contribution is 7.99. The van der Waals surface area contributed by atoms with Gasteiger partial charge in [-0.2, -0.15) is 0 Å². The van der Waals surface area contributed by atoms with Crippen LogP contribution in [-0.4, -0.2) is 50.8 Å². The maximum absolute atomic E-state index is 12.2. The molecule has 1 atom stereocenters. The second-order valence-electron chi connectivity index (χ2n) is 5.24. The summed E-state index contributed by atoms with van der Waals surface area (Å²) in [5.74, 6) is -0.626. The number of carboxylic acids is 1. The van der Waals surface area contributed by atoms with Gasteiger partial charge in [0, 0.05) is 25.5 Å². The van der Waals surface area contributed by atoms with Crippen LogP contribution in [0, 0.1) is 0 Å². The molecule has 1 aromatic heterocycles. The Morgan fingerprint density at radius 1 is 1.60 bits per heavy atom. The Hall–Kier alpha value is -1.50. The summed E-state index contributed by atoms with van der Waals surface area (Å²) >= 11 is 1.17. The number of likely N-dealkylation sites (tertiary alicyclic amines) is 1. The molecule has 7 heteroatoms. The summed E-state index contributed by atoms with van der Waals surface area (Å²) in [5.41, 5.74) is 0.978. The first-order valence-electron chi connectivity index (χ1n) is 6.58. The van der Waals surface area contributed by atoms with Crippen LogP contribution in [0.25, 0.3) is 0 Å². The molecule has 1 amide bonds. The molecule has 0 aliphatic carbocycles. The van der Waals surface area contributed by atoms with E-state index in [0.29, 0.717) is 5.16 Å². The lowest BCUT2D eigenvalue weighted by molar-refractivity contribution is -0.134. The maximum atomic E-state index is 12.2. The molecule has 0 saturated carbocycles. The summed E-state index contributed by atoms with van der Waals surface area (Å²) in [7, 11) is 1.79. The lowest BCUT2D eigenvalue weighted by Gasteiger charge is -2.19. The molecule has 1 fully saturated rings. The summed E-state index contributed by atoms with van der Waals surface area (Å²) in [6.45, 7) is 4.81. The zero-order chi connectivity index (χ0) is 14.9. The first-order valence-corrected chi connectivity index (χ1v) is 7.57. The van der Waals surface area contributed by atoms with E-state index < -0.39 is 5.97 Å². The van der Waals surface area contributed by atoms with E-state index in [9.17, 15) is 9.59 Å². The highest BCUT2D eigenvalue weighted by atomic mass is 32.2. The average Bonchev–Trinajstić information content (AvgIpc) is 2.92. The zero-order valence-corrected chi connectivity index (χ0v) is 12.7. The van der Waals surface area contributed by atoms with E-state index in [0.717, 1.165) is 18.7 Å². The number of carbonyl (C=O) groups is 2. The van der Waals surface area contributed by atoms with Gasteiger partial charge >= 0.3 is 5.97 Å². The van der Waals surface area contributed by atoms with Crippen molar-refractivity contribution in [2.24, 2.45) is 0 Å². The summed E-state index contributed by atoms with van der Waals surface area (Å²) in [6.07, 6.45) is 2.49. The minimum atomic E-state index is -0.884. The van der Waals surface area contributed by atoms with Crippen molar-refractivity contribution in [3.8, 4) is 0 Å².